The Hall–Kier alpha value is -0.940. The zero-order chi connectivity index (χ0) is 15.6. The van der Waals surface area contributed by atoms with Gasteiger partial charge in [-0.1, -0.05) is 17.7 Å². The summed E-state index contributed by atoms with van der Waals surface area (Å²) in [7, 11) is 0. The Morgan fingerprint density at radius 1 is 1.48 bits per heavy atom. The maximum Gasteiger partial charge on any atom is 0.410 e. The number of rotatable bonds is 2. The number of nitrogens with one attached hydrogen (secondary N) is 1. The minimum atomic E-state index is -0.460. The zero-order valence-corrected chi connectivity index (χ0v) is 14.8. The number of hydrogen-bond donors (Lipinski definition) is 1. The van der Waals surface area contributed by atoms with Crippen LogP contribution in [-0.2, 0) is 4.74 Å². The molecule has 21 heavy (non-hydrogen) atoms. The van der Waals surface area contributed by atoms with Crippen molar-refractivity contribution in [2.24, 2.45) is 0 Å². The molecule has 1 aliphatic rings. The van der Waals surface area contributed by atoms with Gasteiger partial charge in [-0.3, -0.25) is 0 Å². The Balaban J connectivity index is 1.94. The van der Waals surface area contributed by atoms with Gasteiger partial charge in [0.1, 0.15) is 5.60 Å². The van der Waals surface area contributed by atoms with Crippen LogP contribution >= 0.6 is 27.5 Å². The molecule has 0 saturated carbocycles. The SMILES string of the molecule is CC(C)(C)OC(=O)N1CCC(Nc2cccc(Cl)c2Br)C1. The molecular formula is C15H20BrClN2O2. The molecule has 1 unspecified atom stereocenters. The highest BCUT2D eigenvalue weighted by molar-refractivity contribution is 9.10. The summed E-state index contributed by atoms with van der Waals surface area (Å²) in [5.74, 6) is 0. The highest BCUT2D eigenvalue weighted by atomic mass is 79.9. The third-order valence-corrected chi connectivity index (χ3v) is 4.55. The molecule has 0 aromatic heterocycles. The molecule has 1 saturated heterocycles. The van der Waals surface area contributed by atoms with Crippen LogP contribution in [0.4, 0.5) is 10.5 Å². The van der Waals surface area contributed by atoms with Crippen molar-refractivity contribution in [1.82, 2.24) is 4.90 Å². The molecule has 1 amide bonds. The van der Waals surface area contributed by atoms with Crippen LogP contribution in [0.25, 0.3) is 0 Å². The van der Waals surface area contributed by atoms with E-state index < -0.39 is 5.60 Å². The zero-order valence-electron chi connectivity index (χ0n) is 12.5. The van der Waals surface area contributed by atoms with Crippen molar-refractivity contribution in [3.05, 3.63) is 27.7 Å². The largest absolute Gasteiger partial charge is 0.444 e. The molecule has 1 aromatic rings. The summed E-state index contributed by atoms with van der Waals surface area (Å²) in [6.07, 6.45) is 0.634. The molecule has 1 fully saturated rings. The van der Waals surface area contributed by atoms with E-state index >= 15 is 0 Å². The van der Waals surface area contributed by atoms with E-state index in [9.17, 15) is 4.79 Å². The quantitative estimate of drug-likeness (QED) is 0.826. The van der Waals surface area contributed by atoms with Crippen LogP contribution in [0.3, 0.4) is 0 Å². The highest BCUT2D eigenvalue weighted by Crippen LogP contribution is 2.31. The number of carbonyl (C=O) groups excluding carboxylic acids is 1. The van der Waals surface area contributed by atoms with Gasteiger partial charge in [-0.05, 0) is 55.3 Å². The second kappa shape index (κ2) is 6.44. The topological polar surface area (TPSA) is 41.6 Å². The summed E-state index contributed by atoms with van der Waals surface area (Å²) in [4.78, 5) is 13.8. The number of nitrogens with zero attached hydrogens (tertiary/aromatic N) is 1. The molecule has 6 heteroatoms. The van der Waals surface area contributed by atoms with E-state index in [-0.39, 0.29) is 12.1 Å². The molecule has 1 atom stereocenters. The predicted octanol–water partition coefficient (Wildman–Crippen LogP) is 4.52. The number of likely N-dealkylation sites (tertiary alicyclic amines) is 1. The van der Waals surface area contributed by atoms with Crippen LogP contribution in [0, 0.1) is 0 Å². The van der Waals surface area contributed by atoms with Gasteiger partial charge < -0.3 is 15.0 Å². The molecule has 1 N–H and O–H groups in total. The number of halogens is 2. The van der Waals surface area contributed by atoms with Gasteiger partial charge in [0, 0.05) is 19.1 Å². The van der Waals surface area contributed by atoms with Crippen LogP contribution in [-0.4, -0.2) is 35.7 Å². The first-order chi connectivity index (χ1) is 9.76. The number of hydrogen-bond acceptors (Lipinski definition) is 3. The minimum absolute atomic E-state index is 0.201. The summed E-state index contributed by atoms with van der Waals surface area (Å²) in [6, 6.07) is 5.90. The second-order valence-electron chi connectivity index (χ2n) is 6.16. The number of amides is 1. The lowest BCUT2D eigenvalue weighted by Crippen LogP contribution is -2.36. The van der Waals surface area contributed by atoms with Gasteiger partial charge in [-0.15, -0.1) is 0 Å². The Bertz CT molecular complexity index is 531. The first-order valence-corrected chi connectivity index (χ1v) is 8.12. The maximum atomic E-state index is 12.0. The first-order valence-electron chi connectivity index (χ1n) is 6.95. The summed E-state index contributed by atoms with van der Waals surface area (Å²) < 4.78 is 6.24. The van der Waals surface area contributed by atoms with Gasteiger partial charge in [-0.25, -0.2) is 4.79 Å². The van der Waals surface area contributed by atoms with Gasteiger partial charge in [0.25, 0.3) is 0 Å². The van der Waals surface area contributed by atoms with Crippen LogP contribution in [0.2, 0.25) is 5.02 Å². The summed E-state index contributed by atoms with van der Waals surface area (Å²) in [5, 5.41) is 4.09. The lowest BCUT2D eigenvalue weighted by molar-refractivity contribution is 0.0293. The first kappa shape index (κ1) is 16.4. The van der Waals surface area contributed by atoms with Crippen molar-refractivity contribution in [3.63, 3.8) is 0 Å². The molecule has 2 rings (SSSR count). The Morgan fingerprint density at radius 2 is 2.19 bits per heavy atom. The molecule has 0 spiro atoms. The van der Waals surface area contributed by atoms with Gasteiger partial charge in [-0.2, -0.15) is 0 Å². The molecule has 1 heterocycles. The smallest absolute Gasteiger partial charge is 0.410 e. The van der Waals surface area contributed by atoms with Gasteiger partial charge in [0.15, 0.2) is 0 Å². The summed E-state index contributed by atoms with van der Waals surface area (Å²) >= 11 is 9.55. The lowest BCUT2D eigenvalue weighted by atomic mass is 10.2. The highest BCUT2D eigenvalue weighted by Gasteiger charge is 2.29. The maximum absolute atomic E-state index is 12.0. The van der Waals surface area contributed by atoms with Crippen molar-refractivity contribution in [3.8, 4) is 0 Å². The molecule has 116 valence electrons. The number of ether oxygens (including phenoxy) is 1. The van der Waals surface area contributed by atoms with E-state index in [1.165, 1.54) is 0 Å². The molecular weight excluding hydrogens is 356 g/mol. The van der Waals surface area contributed by atoms with Crippen LogP contribution in [0.15, 0.2) is 22.7 Å². The van der Waals surface area contributed by atoms with E-state index in [0.29, 0.717) is 18.1 Å². The van der Waals surface area contributed by atoms with Crippen molar-refractivity contribution in [1.29, 1.82) is 0 Å². The standard InChI is InChI=1S/C15H20BrClN2O2/c1-15(2,3)21-14(20)19-8-7-10(9-19)18-12-6-4-5-11(17)13(12)16/h4-6,10,18H,7-9H2,1-3H3. The van der Waals surface area contributed by atoms with Gasteiger partial charge >= 0.3 is 6.09 Å². The molecule has 0 bridgehead atoms. The van der Waals surface area contributed by atoms with Gasteiger partial charge in [0.05, 0.1) is 15.2 Å². The van der Waals surface area contributed by atoms with Gasteiger partial charge in [0.2, 0.25) is 0 Å². The van der Waals surface area contributed by atoms with Crippen molar-refractivity contribution in [2.45, 2.75) is 38.8 Å². The third kappa shape index (κ3) is 4.51. The van der Waals surface area contributed by atoms with E-state index in [1.54, 1.807) is 4.90 Å². The van der Waals surface area contributed by atoms with E-state index in [2.05, 4.69) is 21.2 Å². The normalized spacial score (nSPS) is 18.7. The molecule has 1 aromatic carbocycles. The Kier molecular flexibility index (Phi) is 5.04. The summed E-state index contributed by atoms with van der Waals surface area (Å²) in [5.41, 5.74) is 0.483. The average molecular weight is 376 g/mol. The third-order valence-electron chi connectivity index (χ3n) is 3.15. The molecule has 1 aliphatic heterocycles. The average Bonchev–Trinajstić information content (AvgIpc) is 2.82. The van der Waals surface area contributed by atoms with E-state index in [1.807, 2.05) is 39.0 Å². The second-order valence-corrected chi connectivity index (χ2v) is 7.36. The number of anilines is 1. The van der Waals surface area contributed by atoms with Crippen molar-refractivity contribution >= 4 is 39.3 Å². The molecule has 0 radical (unpaired) electrons. The van der Waals surface area contributed by atoms with Crippen molar-refractivity contribution in [2.75, 3.05) is 18.4 Å². The van der Waals surface area contributed by atoms with Crippen LogP contribution in [0.5, 0.6) is 0 Å². The minimum Gasteiger partial charge on any atom is -0.444 e. The predicted molar refractivity (Wildman–Crippen MR) is 89.0 cm³/mol. The fourth-order valence-electron chi connectivity index (χ4n) is 2.21. The van der Waals surface area contributed by atoms with E-state index in [0.717, 1.165) is 16.6 Å². The Labute approximate surface area is 138 Å². The monoisotopic (exact) mass is 374 g/mol. The van der Waals surface area contributed by atoms with E-state index in [4.69, 9.17) is 16.3 Å². The summed E-state index contributed by atoms with van der Waals surface area (Å²) in [6.45, 7) is 6.96. The van der Waals surface area contributed by atoms with Crippen LogP contribution in [0.1, 0.15) is 27.2 Å². The molecule has 4 nitrogen and oxygen atoms in total. The van der Waals surface area contributed by atoms with Crippen LogP contribution < -0.4 is 5.32 Å². The fourth-order valence-corrected chi connectivity index (χ4v) is 2.76. The molecule has 0 aliphatic carbocycles. The lowest BCUT2D eigenvalue weighted by Gasteiger charge is -2.24. The Morgan fingerprint density at radius 3 is 2.86 bits per heavy atom. The number of carbonyl (C=O) groups is 1. The van der Waals surface area contributed by atoms with Crippen molar-refractivity contribution < 1.29 is 9.53 Å². The fraction of sp³-hybridized carbons (Fsp3) is 0.533. The number of benzene rings is 1.